The number of piperidine rings is 1. The van der Waals surface area contributed by atoms with Crippen LogP contribution in [0.25, 0.3) is 0 Å². The van der Waals surface area contributed by atoms with Gasteiger partial charge in [0.1, 0.15) is 5.82 Å². The predicted octanol–water partition coefficient (Wildman–Crippen LogP) is 3.23. The van der Waals surface area contributed by atoms with E-state index in [1.165, 1.54) is 0 Å². The van der Waals surface area contributed by atoms with Gasteiger partial charge in [0.05, 0.1) is 5.69 Å². The standard InChI is InChI=1S/C11H13F2IN2/c1-8-9(14)2-3-10(15-8)16-6-4-11(12,13)5-7-16/h2-3H,4-7H2,1H3. The van der Waals surface area contributed by atoms with Crippen LogP contribution in [0.5, 0.6) is 0 Å². The fourth-order valence-electron chi connectivity index (χ4n) is 1.77. The lowest BCUT2D eigenvalue weighted by Gasteiger charge is -2.32. The van der Waals surface area contributed by atoms with Crippen LogP contribution in [0.2, 0.25) is 0 Å². The first-order chi connectivity index (χ1) is 7.48. The maximum Gasteiger partial charge on any atom is 0.251 e. The van der Waals surface area contributed by atoms with Crippen molar-refractivity contribution in [1.82, 2.24) is 4.98 Å². The summed E-state index contributed by atoms with van der Waals surface area (Å²) >= 11 is 2.22. The Morgan fingerprint density at radius 2 is 1.94 bits per heavy atom. The number of anilines is 1. The van der Waals surface area contributed by atoms with Crippen molar-refractivity contribution >= 4 is 28.4 Å². The molecule has 0 bridgehead atoms. The van der Waals surface area contributed by atoms with Crippen molar-refractivity contribution in [3.63, 3.8) is 0 Å². The molecule has 1 aromatic rings. The van der Waals surface area contributed by atoms with Crippen LogP contribution in [-0.2, 0) is 0 Å². The van der Waals surface area contributed by atoms with E-state index in [1.54, 1.807) is 0 Å². The van der Waals surface area contributed by atoms with Crippen molar-refractivity contribution in [2.45, 2.75) is 25.7 Å². The molecule has 1 aliphatic rings. The van der Waals surface area contributed by atoms with Gasteiger partial charge >= 0.3 is 0 Å². The summed E-state index contributed by atoms with van der Waals surface area (Å²) in [5.41, 5.74) is 0.954. The Labute approximate surface area is 107 Å². The zero-order valence-electron chi connectivity index (χ0n) is 9.01. The summed E-state index contributed by atoms with van der Waals surface area (Å²) in [4.78, 5) is 6.35. The van der Waals surface area contributed by atoms with Gasteiger partial charge < -0.3 is 4.90 Å². The topological polar surface area (TPSA) is 16.1 Å². The van der Waals surface area contributed by atoms with E-state index in [0.717, 1.165) is 15.1 Å². The second-order valence-electron chi connectivity index (χ2n) is 4.08. The lowest BCUT2D eigenvalue weighted by molar-refractivity contribution is -0.0221. The van der Waals surface area contributed by atoms with E-state index in [0.29, 0.717) is 13.1 Å². The van der Waals surface area contributed by atoms with E-state index in [-0.39, 0.29) is 12.8 Å². The molecule has 2 rings (SSSR count). The van der Waals surface area contributed by atoms with E-state index in [9.17, 15) is 8.78 Å². The van der Waals surface area contributed by atoms with Crippen molar-refractivity contribution < 1.29 is 8.78 Å². The van der Waals surface area contributed by atoms with Crippen LogP contribution >= 0.6 is 22.6 Å². The Morgan fingerprint density at radius 1 is 1.31 bits per heavy atom. The number of hydrogen-bond donors (Lipinski definition) is 0. The number of alkyl halides is 2. The first kappa shape index (κ1) is 12.0. The number of pyridine rings is 1. The highest BCUT2D eigenvalue weighted by Gasteiger charge is 2.34. The summed E-state index contributed by atoms with van der Waals surface area (Å²) in [5, 5.41) is 0. The molecule has 2 nitrogen and oxygen atoms in total. The molecule has 0 radical (unpaired) electrons. The van der Waals surface area contributed by atoms with Gasteiger partial charge in [-0.1, -0.05) is 0 Å². The quantitative estimate of drug-likeness (QED) is 0.731. The van der Waals surface area contributed by atoms with Gasteiger partial charge in [-0.25, -0.2) is 13.8 Å². The Kier molecular flexibility index (Phi) is 3.32. The zero-order valence-corrected chi connectivity index (χ0v) is 11.2. The van der Waals surface area contributed by atoms with Gasteiger partial charge in [0.15, 0.2) is 0 Å². The summed E-state index contributed by atoms with van der Waals surface area (Å²) in [6.07, 6.45) is -0.139. The molecule has 0 spiro atoms. The predicted molar refractivity (Wildman–Crippen MR) is 68.1 cm³/mol. The van der Waals surface area contributed by atoms with E-state index >= 15 is 0 Å². The fourth-order valence-corrected chi connectivity index (χ4v) is 2.07. The number of hydrogen-bond acceptors (Lipinski definition) is 2. The minimum absolute atomic E-state index is 0.0697. The van der Waals surface area contributed by atoms with Crippen molar-refractivity contribution in [1.29, 1.82) is 0 Å². The minimum atomic E-state index is -2.49. The summed E-state index contributed by atoms with van der Waals surface area (Å²) in [7, 11) is 0. The van der Waals surface area contributed by atoms with Gasteiger partial charge in [-0.2, -0.15) is 0 Å². The lowest BCUT2D eigenvalue weighted by Crippen LogP contribution is -2.39. The Hall–Kier alpha value is -0.460. The molecule has 1 saturated heterocycles. The SMILES string of the molecule is Cc1nc(N2CCC(F)(F)CC2)ccc1I. The molecule has 88 valence electrons. The highest BCUT2D eigenvalue weighted by molar-refractivity contribution is 14.1. The maximum absolute atomic E-state index is 13.0. The average molecular weight is 338 g/mol. The van der Waals surface area contributed by atoms with Gasteiger partial charge in [-0.15, -0.1) is 0 Å². The lowest BCUT2D eigenvalue weighted by atomic mass is 10.1. The van der Waals surface area contributed by atoms with Crippen LogP contribution in [0.15, 0.2) is 12.1 Å². The summed E-state index contributed by atoms with van der Waals surface area (Å²) in [5.74, 6) is -1.68. The third kappa shape index (κ3) is 2.61. The molecular formula is C11H13F2IN2. The molecule has 0 N–H and O–H groups in total. The van der Waals surface area contributed by atoms with Crippen LogP contribution in [0.3, 0.4) is 0 Å². The molecule has 0 unspecified atom stereocenters. The molecule has 2 heterocycles. The Balaban J connectivity index is 2.11. The molecule has 0 saturated carbocycles. The molecule has 16 heavy (non-hydrogen) atoms. The van der Waals surface area contributed by atoms with Gasteiger partial charge in [0, 0.05) is 29.5 Å². The van der Waals surface area contributed by atoms with Crippen molar-refractivity contribution in [2.75, 3.05) is 18.0 Å². The van der Waals surface area contributed by atoms with Gasteiger partial charge in [-0.05, 0) is 41.6 Å². The van der Waals surface area contributed by atoms with Crippen LogP contribution in [0.1, 0.15) is 18.5 Å². The zero-order chi connectivity index (χ0) is 11.8. The summed E-state index contributed by atoms with van der Waals surface area (Å²) in [6.45, 7) is 2.71. The molecule has 1 aromatic heterocycles. The number of aryl methyl sites for hydroxylation is 1. The molecule has 5 heteroatoms. The fraction of sp³-hybridized carbons (Fsp3) is 0.545. The van der Waals surface area contributed by atoms with E-state index < -0.39 is 5.92 Å². The van der Waals surface area contributed by atoms with Crippen molar-refractivity contribution in [2.24, 2.45) is 0 Å². The molecular weight excluding hydrogens is 325 g/mol. The molecule has 0 aromatic carbocycles. The van der Waals surface area contributed by atoms with E-state index in [2.05, 4.69) is 27.6 Å². The minimum Gasteiger partial charge on any atom is -0.356 e. The van der Waals surface area contributed by atoms with Crippen molar-refractivity contribution in [3.8, 4) is 0 Å². The third-order valence-corrected chi connectivity index (χ3v) is 3.97. The van der Waals surface area contributed by atoms with E-state index in [4.69, 9.17) is 0 Å². The molecule has 1 fully saturated rings. The molecule has 0 amide bonds. The van der Waals surface area contributed by atoms with Gasteiger partial charge in [-0.3, -0.25) is 0 Å². The Morgan fingerprint density at radius 3 is 2.50 bits per heavy atom. The summed E-state index contributed by atoms with van der Waals surface area (Å²) in [6, 6.07) is 3.88. The smallest absolute Gasteiger partial charge is 0.251 e. The number of nitrogens with zero attached hydrogens (tertiary/aromatic N) is 2. The molecule has 1 aliphatic heterocycles. The van der Waals surface area contributed by atoms with Crippen LogP contribution in [0.4, 0.5) is 14.6 Å². The van der Waals surface area contributed by atoms with Crippen LogP contribution in [0, 0.1) is 10.5 Å². The summed E-state index contributed by atoms with van der Waals surface area (Å²) < 4.78 is 27.1. The third-order valence-electron chi connectivity index (χ3n) is 2.83. The first-order valence-electron chi connectivity index (χ1n) is 5.24. The van der Waals surface area contributed by atoms with Crippen LogP contribution < -0.4 is 4.90 Å². The highest BCUT2D eigenvalue weighted by atomic mass is 127. The monoisotopic (exact) mass is 338 g/mol. The average Bonchev–Trinajstić information content (AvgIpc) is 2.22. The van der Waals surface area contributed by atoms with Gasteiger partial charge in [0.2, 0.25) is 0 Å². The van der Waals surface area contributed by atoms with Gasteiger partial charge in [0.25, 0.3) is 5.92 Å². The number of aromatic nitrogens is 1. The highest BCUT2D eigenvalue weighted by Crippen LogP contribution is 2.30. The van der Waals surface area contributed by atoms with E-state index in [1.807, 2.05) is 24.0 Å². The maximum atomic E-state index is 13.0. The largest absolute Gasteiger partial charge is 0.356 e. The van der Waals surface area contributed by atoms with Crippen molar-refractivity contribution in [3.05, 3.63) is 21.4 Å². The molecule has 0 atom stereocenters. The second kappa shape index (κ2) is 4.43. The first-order valence-corrected chi connectivity index (χ1v) is 6.32. The second-order valence-corrected chi connectivity index (χ2v) is 5.24. The Bertz CT molecular complexity index is 386. The number of rotatable bonds is 1. The number of halogens is 3. The molecule has 0 aliphatic carbocycles. The van der Waals surface area contributed by atoms with Crippen LogP contribution in [-0.4, -0.2) is 24.0 Å². The normalized spacial score (nSPS) is 19.9.